The first-order valence-electron chi connectivity index (χ1n) is 8.18. The highest BCUT2D eigenvalue weighted by atomic mass is 28.4. The van der Waals surface area contributed by atoms with Gasteiger partial charge in [0.15, 0.2) is 0 Å². The first kappa shape index (κ1) is 17.1. The molecule has 0 radical (unpaired) electrons. The summed E-state index contributed by atoms with van der Waals surface area (Å²) >= 11 is 0. The van der Waals surface area contributed by atoms with Crippen molar-refractivity contribution in [1.82, 2.24) is 14.9 Å². The Morgan fingerprint density at radius 1 is 1.00 bits per heavy atom. The van der Waals surface area contributed by atoms with Crippen LogP contribution in [0.5, 0.6) is 0 Å². The maximum atomic E-state index is 6.26. The topological polar surface area (TPSA) is 45.3 Å². The van der Waals surface area contributed by atoms with Gasteiger partial charge in [0.25, 0.3) is 0 Å². The molecule has 5 heteroatoms. The van der Waals surface area contributed by atoms with Gasteiger partial charge in [-0.2, -0.15) is 0 Å². The molecule has 1 rings (SSSR count). The monoisotopic (exact) mass is 287 g/mol. The third kappa shape index (κ3) is 6.36. The zero-order chi connectivity index (χ0) is 14.0. The van der Waals surface area contributed by atoms with Crippen LogP contribution in [-0.2, 0) is 4.43 Å². The third-order valence-corrected chi connectivity index (χ3v) is 6.84. The van der Waals surface area contributed by atoms with Gasteiger partial charge in [-0.05, 0) is 32.4 Å². The van der Waals surface area contributed by atoms with E-state index in [4.69, 9.17) is 4.43 Å². The molecular weight excluding hydrogens is 254 g/mol. The lowest BCUT2D eigenvalue weighted by molar-refractivity contribution is 0.250. The molecule has 0 aromatic heterocycles. The normalized spacial score (nSPS) is 17.8. The highest BCUT2D eigenvalue weighted by molar-refractivity contribution is 6.66. The number of nitrogens with one attached hydrogen (secondary N) is 3. The molecular formula is C14H33N3OSi. The lowest BCUT2D eigenvalue weighted by Gasteiger charge is -2.36. The lowest BCUT2D eigenvalue weighted by Crippen LogP contribution is -2.76. The van der Waals surface area contributed by atoms with E-state index in [9.17, 15) is 0 Å². The van der Waals surface area contributed by atoms with Crippen LogP contribution in [0.25, 0.3) is 0 Å². The Kier molecular flexibility index (Phi) is 8.90. The number of unbranched alkanes of at least 4 members (excludes halogenated alkanes) is 1. The zero-order valence-electron chi connectivity index (χ0n) is 13.1. The second-order valence-electron chi connectivity index (χ2n) is 5.42. The molecule has 0 saturated heterocycles. The number of rotatable bonds is 10. The summed E-state index contributed by atoms with van der Waals surface area (Å²) in [7, 11) is -2.17. The van der Waals surface area contributed by atoms with E-state index in [1.54, 1.807) is 0 Å². The third-order valence-electron chi connectivity index (χ3n) is 3.68. The fourth-order valence-corrected chi connectivity index (χ4v) is 5.64. The van der Waals surface area contributed by atoms with E-state index in [0.717, 1.165) is 26.1 Å². The van der Waals surface area contributed by atoms with Crippen LogP contribution >= 0.6 is 0 Å². The minimum atomic E-state index is -2.17. The van der Waals surface area contributed by atoms with E-state index in [-0.39, 0.29) is 0 Å². The molecule has 0 unspecified atom stereocenters. The molecule has 1 saturated carbocycles. The molecule has 0 heterocycles. The van der Waals surface area contributed by atoms with Gasteiger partial charge in [-0.1, -0.05) is 46.5 Å². The van der Waals surface area contributed by atoms with Gasteiger partial charge in [-0.3, -0.25) is 14.9 Å². The largest absolute Gasteiger partial charge is 0.440 e. The summed E-state index contributed by atoms with van der Waals surface area (Å²) in [6, 6.07) is 0.625. The number of hydrogen-bond acceptors (Lipinski definition) is 4. The zero-order valence-corrected chi connectivity index (χ0v) is 14.1. The van der Waals surface area contributed by atoms with Crippen LogP contribution in [0.3, 0.4) is 0 Å². The molecule has 0 aromatic carbocycles. The van der Waals surface area contributed by atoms with Crippen molar-refractivity contribution >= 4 is 8.80 Å². The van der Waals surface area contributed by atoms with Crippen LogP contribution in [0.1, 0.15) is 65.7 Å². The van der Waals surface area contributed by atoms with Crippen LogP contribution in [0, 0.1) is 0 Å². The average molecular weight is 288 g/mol. The Hall–Kier alpha value is 0.0569. The van der Waals surface area contributed by atoms with Gasteiger partial charge in [0.1, 0.15) is 0 Å². The van der Waals surface area contributed by atoms with Gasteiger partial charge >= 0.3 is 8.80 Å². The summed E-state index contributed by atoms with van der Waals surface area (Å²) in [5.41, 5.74) is 0. The predicted molar refractivity (Wildman–Crippen MR) is 84.0 cm³/mol. The first-order chi connectivity index (χ1) is 9.26. The Labute approximate surface area is 120 Å². The molecule has 1 fully saturated rings. The quantitative estimate of drug-likeness (QED) is 0.426. The average Bonchev–Trinajstić information content (AvgIpc) is 2.41. The molecule has 0 spiro atoms. The smallest absolute Gasteiger partial charge is 0.380 e. The molecule has 19 heavy (non-hydrogen) atoms. The summed E-state index contributed by atoms with van der Waals surface area (Å²) < 4.78 is 6.26. The Balaban J connectivity index is 2.57. The second-order valence-corrected chi connectivity index (χ2v) is 8.07. The van der Waals surface area contributed by atoms with Gasteiger partial charge in [-0.25, -0.2) is 0 Å². The summed E-state index contributed by atoms with van der Waals surface area (Å²) in [6.07, 6.45) is 9.02. The molecule has 1 aliphatic carbocycles. The van der Waals surface area contributed by atoms with Crippen molar-refractivity contribution in [2.45, 2.75) is 71.8 Å². The molecule has 0 aromatic rings. The fourth-order valence-electron chi connectivity index (χ4n) is 2.71. The van der Waals surface area contributed by atoms with E-state index < -0.39 is 8.80 Å². The molecule has 0 amide bonds. The Morgan fingerprint density at radius 2 is 1.63 bits per heavy atom. The highest BCUT2D eigenvalue weighted by Gasteiger charge is 2.38. The van der Waals surface area contributed by atoms with Gasteiger partial charge in [-0.15, -0.1) is 0 Å². The van der Waals surface area contributed by atoms with Crippen molar-refractivity contribution in [2.24, 2.45) is 0 Å². The molecule has 0 bridgehead atoms. The molecule has 114 valence electrons. The van der Waals surface area contributed by atoms with Crippen molar-refractivity contribution < 1.29 is 4.43 Å². The minimum absolute atomic E-state index is 0.625. The highest BCUT2D eigenvalue weighted by Crippen LogP contribution is 2.18. The Bertz CT molecular complexity index is 217. The standard InChI is InChI=1S/C14H33N3OSi/c1-4-7-13-18-19(15-5-2,16-6-3)17-14-11-9-8-10-12-14/h14-17H,4-13H2,1-3H3. The van der Waals surface area contributed by atoms with Crippen molar-refractivity contribution in [3.8, 4) is 0 Å². The molecule has 1 aliphatic rings. The maximum absolute atomic E-state index is 6.26. The summed E-state index contributed by atoms with van der Waals surface area (Å²) in [6.45, 7) is 9.27. The summed E-state index contributed by atoms with van der Waals surface area (Å²) in [5, 5.41) is 0. The van der Waals surface area contributed by atoms with Crippen LogP contribution < -0.4 is 14.9 Å². The van der Waals surface area contributed by atoms with Gasteiger partial charge < -0.3 is 4.43 Å². The van der Waals surface area contributed by atoms with E-state index in [0.29, 0.717) is 6.04 Å². The van der Waals surface area contributed by atoms with E-state index >= 15 is 0 Å². The van der Waals surface area contributed by atoms with Crippen LogP contribution in [-0.4, -0.2) is 34.5 Å². The predicted octanol–water partition coefficient (Wildman–Crippen LogP) is 2.38. The summed E-state index contributed by atoms with van der Waals surface area (Å²) in [5.74, 6) is 0. The fraction of sp³-hybridized carbons (Fsp3) is 1.00. The van der Waals surface area contributed by atoms with Gasteiger partial charge in [0, 0.05) is 12.6 Å². The maximum Gasteiger partial charge on any atom is 0.440 e. The second kappa shape index (κ2) is 9.88. The van der Waals surface area contributed by atoms with Crippen molar-refractivity contribution in [3.63, 3.8) is 0 Å². The van der Waals surface area contributed by atoms with Crippen LogP contribution in [0.2, 0.25) is 0 Å². The van der Waals surface area contributed by atoms with Gasteiger partial charge in [0.2, 0.25) is 0 Å². The number of hydrogen-bond donors (Lipinski definition) is 3. The lowest BCUT2D eigenvalue weighted by atomic mass is 9.96. The van der Waals surface area contributed by atoms with Gasteiger partial charge in [0.05, 0.1) is 0 Å². The van der Waals surface area contributed by atoms with Crippen LogP contribution in [0.4, 0.5) is 0 Å². The first-order valence-corrected chi connectivity index (χ1v) is 10.1. The van der Waals surface area contributed by atoms with Crippen molar-refractivity contribution in [1.29, 1.82) is 0 Å². The minimum Gasteiger partial charge on any atom is -0.380 e. The van der Waals surface area contributed by atoms with Crippen molar-refractivity contribution in [2.75, 3.05) is 19.7 Å². The van der Waals surface area contributed by atoms with E-state index in [1.165, 1.54) is 38.5 Å². The molecule has 0 aliphatic heterocycles. The summed E-state index contributed by atoms with van der Waals surface area (Å²) in [4.78, 5) is 11.0. The van der Waals surface area contributed by atoms with Crippen LogP contribution in [0.15, 0.2) is 0 Å². The Morgan fingerprint density at radius 3 is 2.16 bits per heavy atom. The SMILES string of the molecule is CCCCO[Si](NCC)(NCC)NC1CCCCC1. The molecule has 0 atom stereocenters. The van der Waals surface area contributed by atoms with E-state index in [1.807, 2.05) is 0 Å². The molecule has 4 nitrogen and oxygen atoms in total. The van der Waals surface area contributed by atoms with E-state index in [2.05, 4.69) is 35.7 Å². The molecule has 3 N–H and O–H groups in total. The van der Waals surface area contributed by atoms with Crippen molar-refractivity contribution in [3.05, 3.63) is 0 Å².